The molecular formula is C17H18N2OS. The number of hydrogen-bond acceptors (Lipinski definition) is 4. The molecule has 1 atom stereocenters. The standard InChI is InChI=1S/C17H18N2OS/c1-12-4-5-13-9-14(6-7-16(13)19-12)17(11-20)18-10-15-3-2-8-21-15/h2-9,17-18,20H,10-11H2,1H3. The number of rotatable bonds is 5. The Morgan fingerprint density at radius 1 is 1.24 bits per heavy atom. The van der Waals surface area contributed by atoms with E-state index in [0.717, 1.165) is 28.7 Å². The molecule has 4 heteroatoms. The average Bonchev–Trinajstić information content (AvgIpc) is 3.01. The van der Waals surface area contributed by atoms with E-state index in [1.54, 1.807) is 11.3 Å². The average molecular weight is 298 g/mol. The first kappa shape index (κ1) is 14.2. The van der Waals surface area contributed by atoms with E-state index in [1.165, 1.54) is 4.88 Å². The molecule has 2 N–H and O–H groups in total. The Balaban J connectivity index is 1.81. The van der Waals surface area contributed by atoms with Gasteiger partial charge in [0.2, 0.25) is 0 Å². The molecule has 0 amide bonds. The van der Waals surface area contributed by atoms with E-state index in [2.05, 4.69) is 33.9 Å². The van der Waals surface area contributed by atoms with E-state index in [1.807, 2.05) is 31.2 Å². The molecular weight excluding hydrogens is 280 g/mol. The van der Waals surface area contributed by atoms with Crippen LogP contribution < -0.4 is 5.32 Å². The van der Waals surface area contributed by atoms with Crippen molar-refractivity contribution in [2.45, 2.75) is 19.5 Å². The predicted octanol–water partition coefficient (Wildman–Crippen LogP) is 3.43. The van der Waals surface area contributed by atoms with Crippen LogP contribution in [0.4, 0.5) is 0 Å². The molecule has 3 nitrogen and oxygen atoms in total. The second-order valence-corrected chi connectivity index (χ2v) is 6.13. The lowest BCUT2D eigenvalue weighted by atomic mass is 10.0. The zero-order chi connectivity index (χ0) is 14.7. The van der Waals surface area contributed by atoms with Crippen LogP contribution in [-0.4, -0.2) is 16.7 Å². The minimum Gasteiger partial charge on any atom is -0.394 e. The normalized spacial score (nSPS) is 12.7. The lowest BCUT2D eigenvalue weighted by Crippen LogP contribution is -2.23. The highest BCUT2D eigenvalue weighted by Crippen LogP contribution is 2.20. The van der Waals surface area contributed by atoms with E-state index in [-0.39, 0.29) is 12.6 Å². The molecule has 0 fully saturated rings. The molecule has 1 aromatic carbocycles. The molecule has 0 aliphatic rings. The number of aryl methyl sites for hydroxylation is 1. The number of aromatic nitrogens is 1. The van der Waals surface area contributed by atoms with Gasteiger partial charge >= 0.3 is 0 Å². The van der Waals surface area contributed by atoms with E-state index in [4.69, 9.17) is 0 Å². The Bertz CT molecular complexity index is 725. The third-order valence-corrected chi connectivity index (χ3v) is 4.42. The van der Waals surface area contributed by atoms with Gasteiger partial charge in [0.25, 0.3) is 0 Å². The maximum atomic E-state index is 9.65. The van der Waals surface area contributed by atoms with Gasteiger partial charge in [-0.2, -0.15) is 0 Å². The van der Waals surface area contributed by atoms with Crippen molar-refractivity contribution >= 4 is 22.2 Å². The van der Waals surface area contributed by atoms with Crippen LogP contribution in [0.3, 0.4) is 0 Å². The largest absolute Gasteiger partial charge is 0.394 e. The van der Waals surface area contributed by atoms with Crippen molar-refractivity contribution < 1.29 is 5.11 Å². The van der Waals surface area contributed by atoms with Crippen molar-refractivity contribution in [3.8, 4) is 0 Å². The van der Waals surface area contributed by atoms with Crippen LogP contribution in [0.15, 0.2) is 47.8 Å². The fourth-order valence-electron chi connectivity index (χ4n) is 2.39. The van der Waals surface area contributed by atoms with Gasteiger partial charge in [0.05, 0.1) is 18.2 Å². The van der Waals surface area contributed by atoms with E-state index < -0.39 is 0 Å². The second kappa shape index (κ2) is 6.35. The number of aliphatic hydroxyl groups excluding tert-OH is 1. The fourth-order valence-corrected chi connectivity index (χ4v) is 3.04. The summed E-state index contributed by atoms with van der Waals surface area (Å²) in [5.74, 6) is 0. The van der Waals surface area contributed by atoms with Crippen molar-refractivity contribution in [3.05, 3.63) is 64.0 Å². The van der Waals surface area contributed by atoms with Gasteiger partial charge in [0, 0.05) is 22.5 Å². The topological polar surface area (TPSA) is 45.1 Å². The number of aliphatic hydroxyl groups is 1. The molecule has 108 valence electrons. The zero-order valence-corrected chi connectivity index (χ0v) is 12.7. The number of hydrogen-bond donors (Lipinski definition) is 2. The first-order valence-electron chi connectivity index (χ1n) is 7.00. The summed E-state index contributed by atoms with van der Waals surface area (Å²) in [6.07, 6.45) is 0. The van der Waals surface area contributed by atoms with Gasteiger partial charge in [0.15, 0.2) is 0 Å². The third-order valence-electron chi connectivity index (χ3n) is 3.54. The highest BCUT2D eigenvalue weighted by atomic mass is 32.1. The number of nitrogens with one attached hydrogen (secondary N) is 1. The van der Waals surface area contributed by atoms with Gasteiger partial charge < -0.3 is 10.4 Å². The molecule has 21 heavy (non-hydrogen) atoms. The number of fused-ring (bicyclic) bond motifs is 1. The SMILES string of the molecule is Cc1ccc2cc(C(CO)NCc3cccs3)ccc2n1. The summed E-state index contributed by atoms with van der Waals surface area (Å²) in [6.45, 7) is 2.84. The number of pyridine rings is 1. The molecule has 2 aromatic heterocycles. The molecule has 0 aliphatic carbocycles. The van der Waals surface area contributed by atoms with Gasteiger partial charge in [-0.15, -0.1) is 11.3 Å². The van der Waals surface area contributed by atoms with Gasteiger partial charge in [-0.05, 0) is 42.1 Å². The first-order chi connectivity index (χ1) is 10.3. The summed E-state index contributed by atoms with van der Waals surface area (Å²) in [5.41, 5.74) is 3.10. The Kier molecular flexibility index (Phi) is 4.29. The number of benzene rings is 1. The van der Waals surface area contributed by atoms with Crippen molar-refractivity contribution in [3.63, 3.8) is 0 Å². The van der Waals surface area contributed by atoms with Crippen LogP contribution in [0.25, 0.3) is 10.9 Å². The Hall–Kier alpha value is -1.75. The minimum absolute atomic E-state index is 0.0576. The summed E-state index contributed by atoms with van der Waals surface area (Å²) in [7, 11) is 0. The van der Waals surface area contributed by atoms with Gasteiger partial charge in [-0.25, -0.2) is 0 Å². The zero-order valence-electron chi connectivity index (χ0n) is 11.9. The maximum Gasteiger partial charge on any atom is 0.0705 e. The maximum absolute atomic E-state index is 9.65. The van der Waals surface area contributed by atoms with E-state index in [9.17, 15) is 5.11 Å². The summed E-state index contributed by atoms with van der Waals surface area (Å²) >= 11 is 1.72. The Morgan fingerprint density at radius 3 is 2.90 bits per heavy atom. The van der Waals surface area contributed by atoms with Crippen LogP contribution >= 0.6 is 11.3 Å². The third kappa shape index (κ3) is 3.29. The fraction of sp³-hybridized carbons (Fsp3) is 0.235. The summed E-state index contributed by atoms with van der Waals surface area (Å²) < 4.78 is 0. The molecule has 0 aliphatic heterocycles. The summed E-state index contributed by atoms with van der Waals surface area (Å²) in [6, 6.07) is 14.3. The molecule has 1 unspecified atom stereocenters. The Labute approximate surface area is 128 Å². The van der Waals surface area contributed by atoms with E-state index >= 15 is 0 Å². The quantitative estimate of drug-likeness (QED) is 0.758. The molecule has 0 saturated heterocycles. The lowest BCUT2D eigenvalue weighted by Gasteiger charge is -2.17. The van der Waals surface area contributed by atoms with Crippen molar-refractivity contribution in [1.82, 2.24) is 10.3 Å². The minimum atomic E-state index is -0.0576. The van der Waals surface area contributed by atoms with Crippen LogP contribution in [0.5, 0.6) is 0 Å². The van der Waals surface area contributed by atoms with Crippen molar-refractivity contribution in [2.75, 3.05) is 6.61 Å². The van der Waals surface area contributed by atoms with Gasteiger partial charge in [0.1, 0.15) is 0 Å². The molecule has 2 heterocycles. The number of nitrogens with zero attached hydrogens (tertiary/aromatic N) is 1. The van der Waals surface area contributed by atoms with Gasteiger partial charge in [-0.1, -0.05) is 18.2 Å². The van der Waals surface area contributed by atoms with E-state index in [0.29, 0.717) is 0 Å². The summed E-state index contributed by atoms with van der Waals surface area (Å²) in [4.78, 5) is 5.78. The predicted molar refractivity (Wildman–Crippen MR) is 87.5 cm³/mol. The van der Waals surface area contributed by atoms with Crippen molar-refractivity contribution in [1.29, 1.82) is 0 Å². The smallest absolute Gasteiger partial charge is 0.0705 e. The van der Waals surface area contributed by atoms with Crippen LogP contribution in [0.2, 0.25) is 0 Å². The molecule has 3 aromatic rings. The highest BCUT2D eigenvalue weighted by Gasteiger charge is 2.11. The first-order valence-corrected chi connectivity index (χ1v) is 7.88. The molecule has 0 spiro atoms. The number of thiophene rings is 1. The van der Waals surface area contributed by atoms with Crippen LogP contribution in [-0.2, 0) is 6.54 Å². The summed E-state index contributed by atoms with van der Waals surface area (Å²) in [5, 5.41) is 16.2. The Morgan fingerprint density at radius 2 is 2.14 bits per heavy atom. The highest BCUT2D eigenvalue weighted by molar-refractivity contribution is 7.09. The van der Waals surface area contributed by atoms with Gasteiger partial charge in [-0.3, -0.25) is 4.98 Å². The monoisotopic (exact) mass is 298 g/mol. The molecule has 3 rings (SSSR count). The second-order valence-electron chi connectivity index (χ2n) is 5.10. The molecule has 0 bridgehead atoms. The van der Waals surface area contributed by atoms with Crippen LogP contribution in [0.1, 0.15) is 22.2 Å². The van der Waals surface area contributed by atoms with Crippen molar-refractivity contribution in [2.24, 2.45) is 0 Å². The molecule has 0 saturated carbocycles. The molecule has 0 radical (unpaired) electrons. The lowest BCUT2D eigenvalue weighted by molar-refractivity contribution is 0.244. The van der Waals surface area contributed by atoms with Crippen LogP contribution in [0, 0.1) is 6.92 Å².